The van der Waals surface area contributed by atoms with Gasteiger partial charge in [-0.1, -0.05) is 20.8 Å². The zero-order valence-electron chi connectivity index (χ0n) is 12.1. The summed E-state index contributed by atoms with van der Waals surface area (Å²) < 4.78 is 5.21. The van der Waals surface area contributed by atoms with E-state index in [2.05, 4.69) is 38.3 Å². The fourth-order valence-electron chi connectivity index (χ4n) is 2.24. The van der Waals surface area contributed by atoms with E-state index in [1.54, 1.807) is 7.11 Å². The van der Waals surface area contributed by atoms with Crippen LogP contribution in [0.15, 0.2) is 0 Å². The highest BCUT2D eigenvalue weighted by atomic mass is 32.1. The van der Waals surface area contributed by atoms with E-state index < -0.39 is 0 Å². The zero-order valence-corrected chi connectivity index (χ0v) is 13.0. The van der Waals surface area contributed by atoms with Gasteiger partial charge < -0.3 is 4.74 Å². The van der Waals surface area contributed by atoms with Crippen LogP contribution in [0.5, 0.6) is 0 Å². The van der Waals surface area contributed by atoms with Crippen LogP contribution in [-0.4, -0.2) is 43.5 Å². The first-order chi connectivity index (χ1) is 8.19. The Hall–Kier alpha value is 0.270. The lowest BCUT2D eigenvalue weighted by molar-refractivity contribution is 0.110. The van der Waals surface area contributed by atoms with Gasteiger partial charge in [0, 0.05) is 19.7 Å². The van der Waals surface area contributed by atoms with E-state index in [4.69, 9.17) is 4.74 Å². The molecule has 17 heavy (non-hydrogen) atoms. The van der Waals surface area contributed by atoms with Gasteiger partial charge in [0.15, 0.2) is 0 Å². The first-order valence-electron chi connectivity index (χ1n) is 7.03. The first kappa shape index (κ1) is 17.3. The van der Waals surface area contributed by atoms with Gasteiger partial charge in [-0.3, -0.25) is 4.90 Å². The SMILES string of the molecule is CCC(CC)N(CCOC)CCC(C)CCS. The maximum atomic E-state index is 5.21. The van der Waals surface area contributed by atoms with E-state index >= 15 is 0 Å². The summed E-state index contributed by atoms with van der Waals surface area (Å²) in [5.41, 5.74) is 0. The number of thiol groups is 1. The number of hydrogen-bond acceptors (Lipinski definition) is 3. The minimum atomic E-state index is 0.716. The van der Waals surface area contributed by atoms with Crippen molar-refractivity contribution >= 4 is 12.6 Å². The van der Waals surface area contributed by atoms with Gasteiger partial charge in [-0.25, -0.2) is 0 Å². The van der Waals surface area contributed by atoms with Crippen molar-refractivity contribution in [2.45, 2.75) is 52.5 Å². The van der Waals surface area contributed by atoms with E-state index in [1.165, 1.54) is 32.2 Å². The highest BCUT2D eigenvalue weighted by Crippen LogP contribution is 2.14. The molecule has 0 N–H and O–H groups in total. The number of rotatable bonds is 11. The molecule has 2 nitrogen and oxygen atoms in total. The summed E-state index contributed by atoms with van der Waals surface area (Å²) in [6.07, 6.45) is 4.98. The maximum absolute atomic E-state index is 5.21. The molecule has 0 amide bonds. The Morgan fingerprint density at radius 1 is 1.12 bits per heavy atom. The van der Waals surface area contributed by atoms with Crippen molar-refractivity contribution in [1.82, 2.24) is 4.90 Å². The Balaban J connectivity index is 4.07. The molecule has 0 rings (SSSR count). The Kier molecular flexibility index (Phi) is 11.5. The third-order valence-electron chi connectivity index (χ3n) is 3.57. The molecule has 1 unspecified atom stereocenters. The van der Waals surface area contributed by atoms with E-state index in [9.17, 15) is 0 Å². The zero-order chi connectivity index (χ0) is 13.1. The second-order valence-electron chi connectivity index (χ2n) is 4.91. The largest absolute Gasteiger partial charge is 0.383 e. The minimum Gasteiger partial charge on any atom is -0.383 e. The summed E-state index contributed by atoms with van der Waals surface area (Å²) in [6.45, 7) is 10.0. The summed E-state index contributed by atoms with van der Waals surface area (Å²) in [5, 5.41) is 0. The third kappa shape index (κ3) is 8.06. The molecule has 0 aliphatic heterocycles. The molecule has 0 spiro atoms. The van der Waals surface area contributed by atoms with Crippen molar-refractivity contribution in [3.63, 3.8) is 0 Å². The quantitative estimate of drug-likeness (QED) is 0.572. The van der Waals surface area contributed by atoms with Gasteiger partial charge in [0.25, 0.3) is 0 Å². The molecule has 0 fully saturated rings. The molecule has 0 heterocycles. The lowest BCUT2D eigenvalue weighted by atomic mass is 10.0. The van der Waals surface area contributed by atoms with Crippen LogP contribution in [0.3, 0.4) is 0 Å². The minimum absolute atomic E-state index is 0.716. The standard InChI is InChI=1S/C14H31NOS/c1-5-14(6-2)15(10-11-16-4)9-7-13(3)8-12-17/h13-14,17H,5-12H2,1-4H3. The molecule has 0 aliphatic carbocycles. The molecule has 0 aromatic rings. The molecule has 1 atom stereocenters. The van der Waals surface area contributed by atoms with Crippen LogP contribution in [0.25, 0.3) is 0 Å². The van der Waals surface area contributed by atoms with Gasteiger partial charge >= 0.3 is 0 Å². The molecule has 104 valence electrons. The summed E-state index contributed by atoms with van der Waals surface area (Å²) >= 11 is 4.30. The van der Waals surface area contributed by atoms with Gasteiger partial charge in [-0.2, -0.15) is 12.6 Å². The van der Waals surface area contributed by atoms with Crippen molar-refractivity contribution in [3.8, 4) is 0 Å². The Morgan fingerprint density at radius 2 is 1.76 bits per heavy atom. The molecular weight excluding hydrogens is 230 g/mol. The lowest BCUT2D eigenvalue weighted by Gasteiger charge is -2.31. The van der Waals surface area contributed by atoms with E-state index in [0.717, 1.165) is 24.8 Å². The molecule has 0 aromatic carbocycles. The van der Waals surface area contributed by atoms with Crippen LogP contribution < -0.4 is 0 Å². The van der Waals surface area contributed by atoms with Crippen LogP contribution >= 0.6 is 12.6 Å². The van der Waals surface area contributed by atoms with Crippen molar-refractivity contribution in [2.24, 2.45) is 5.92 Å². The van der Waals surface area contributed by atoms with Gasteiger partial charge in [0.05, 0.1) is 6.61 Å². The first-order valence-corrected chi connectivity index (χ1v) is 7.66. The van der Waals surface area contributed by atoms with Gasteiger partial charge in [0.2, 0.25) is 0 Å². The highest BCUT2D eigenvalue weighted by Gasteiger charge is 2.15. The molecule has 0 saturated carbocycles. The average molecular weight is 261 g/mol. The van der Waals surface area contributed by atoms with Crippen molar-refractivity contribution in [1.29, 1.82) is 0 Å². The van der Waals surface area contributed by atoms with Crippen LogP contribution in [-0.2, 0) is 4.74 Å². The van der Waals surface area contributed by atoms with Crippen molar-refractivity contribution in [3.05, 3.63) is 0 Å². The fourth-order valence-corrected chi connectivity index (χ4v) is 2.68. The number of hydrogen-bond donors (Lipinski definition) is 1. The normalized spacial score (nSPS) is 13.6. The maximum Gasteiger partial charge on any atom is 0.0589 e. The second kappa shape index (κ2) is 11.4. The molecule has 0 bridgehead atoms. The van der Waals surface area contributed by atoms with E-state index in [0.29, 0.717) is 6.04 Å². The summed E-state index contributed by atoms with van der Waals surface area (Å²) in [5.74, 6) is 1.79. The molecule has 0 radical (unpaired) electrons. The lowest BCUT2D eigenvalue weighted by Crippen LogP contribution is -2.38. The summed E-state index contributed by atoms with van der Waals surface area (Å²) in [4.78, 5) is 2.60. The topological polar surface area (TPSA) is 12.5 Å². The van der Waals surface area contributed by atoms with E-state index in [-0.39, 0.29) is 0 Å². The molecule has 0 aromatic heterocycles. The van der Waals surface area contributed by atoms with Gasteiger partial charge in [0.1, 0.15) is 0 Å². The molecule has 0 aliphatic rings. The molecule has 3 heteroatoms. The number of nitrogens with zero attached hydrogens (tertiary/aromatic N) is 1. The Morgan fingerprint density at radius 3 is 2.24 bits per heavy atom. The van der Waals surface area contributed by atoms with Gasteiger partial charge in [-0.05, 0) is 43.9 Å². The van der Waals surface area contributed by atoms with Crippen LogP contribution in [0.2, 0.25) is 0 Å². The van der Waals surface area contributed by atoms with E-state index in [1.807, 2.05) is 0 Å². The summed E-state index contributed by atoms with van der Waals surface area (Å²) in [7, 11) is 1.79. The smallest absolute Gasteiger partial charge is 0.0589 e. The van der Waals surface area contributed by atoms with Crippen LogP contribution in [0.4, 0.5) is 0 Å². The molecule has 0 saturated heterocycles. The van der Waals surface area contributed by atoms with Crippen LogP contribution in [0, 0.1) is 5.92 Å². The number of methoxy groups -OCH3 is 1. The van der Waals surface area contributed by atoms with Gasteiger partial charge in [-0.15, -0.1) is 0 Å². The van der Waals surface area contributed by atoms with Crippen LogP contribution in [0.1, 0.15) is 46.5 Å². The average Bonchev–Trinajstić information content (AvgIpc) is 2.33. The highest BCUT2D eigenvalue weighted by molar-refractivity contribution is 7.80. The second-order valence-corrected chi connectivity index (χ2v) is 5.35. The van der Waals surface area contributed by atoms with Crippen molar-refractivity contribution in [2.75, 3.05) is 32.6 Å². The predicted molar refractivity (Wildman–Crippen MR) is 80.1 cm³/mol. The molecular formula is C14H31NOS. The van der Waals surface area contributed by atoms with Crippen molar-refractivity contribution < 1.29 is 4.74 Å². The monoisotopic (exact) mass is 261 g/mol. The Bertz CT molecular complexity index is 162. The predicted octanol–water partition coefficient (Wildman–Crippen LogP) is 3.47. The number of ether oxygens (including phenoxy) is 1. The fraction of sp³-hybridized carbons (Fsp3) is 1.00. The third-order valence-corrected chi connectivity index (χ3v) is 3.83. The summed E-state index contributed by atoms with van der Waals surface area (Å²) in [6, 6.07) is 0.716. The Labute approximate surface area is 114 Å².